The molecular formula is C21H28BrN3O2S. The summed E-state index contributed by atoms with van der Waals surface area (Å²) >= 11 is 5.22. The zero-order valence-corrected chi connectivity index (χ0v) is 19.0. The van der Waals surface area contributed by atoms with Crippen LogP contribution in [0.15, 0.2) is 27.7 Å². The molecule has 1 spiro atoms. The van der Waals surface area contributed by atoms with Crippen LogP contribution in [0.3, 0.4) is 0 Å². The van der Waals surface area contributed by atoms with Crippen molar-refractivity contribution in [3.8, 4) is 5.75 Å². The molecule has 1 aromatic carbocycles. The van der Waals surface area contributed by atoms with Gasteiger partial charge in [-0.3, -0.25) is 4.79 Å². The number of ether oxygens (including phenoxy) is 1. The number of rotatable bonds is 2. The molecule has 4 rings (SSSR count). The third kappa shape index (κ3) is 3.80. The number of nitrogens with zero attached hydrogens (tertiary/aromatic N) is 1. The van der Waals surface area contributed by atoms with Gasteiger partial charge in [0, 0.05) is 34.2 Å². The van der Waals surface area contributed by atoms with Crippen LogP contribution in [0.2, 0.25) is 0 Å². The molecule has 1 amide bonds. The van der Waals surface area contributed by atoms with Crippen LogP contribution in [0.5, 0.6) is 5.75 Å². The second kappa shape index (κ2) is 7.24. The van der Waals surface area contributed by atoms with Gasteiger partial charge in [0.1, 0.15) is 17.4 Å². The van der Waals surface area contributed by atoms with E-state index in [0.717, 1.165) is 40.8 Å². The van der Waals surface area contributed by atoms with Crippen LogP contribution in [-0.4, -0.2) is 29.0 Å². The van der Waals surface area contributed by atoms with Crippen molar-refractivity contribution in [3.63, 3.8) is 0 Å². The first-order valence-electron chi connectivity index (χ1n) is 9.90. The standard InChI is InChI=1S/C21H28BrN3O2S/c1-20(2,3)10-18(26)24-13-5-7-17-15(9-13)21(11-28-19(23)25-21)14-8-12(22)4-6-16(14)27-17/h4,6,8,13,15,17H,5,7,9-11H2,1-3H3,(H2,23,25)(H,24,26)/t13-,15+,17+,21?/m1/s1. The number of amidine groups is 1. The van der Waals surface area contributed by atoms with Crippen molar-refractivity contribution < 1.29 is 9.53 Å². The minimum absolute atomic E-state index is 0.0114. The Kier molecular flexibility index (Phi) is 5.19. The molecule has 2 heterocycles. The van der Waals surface area contributed by atoms with Gasteiger partial charge < -0.3 is 15.8 Å². The highest BCUT2D eigenvalue weighted by Crippen LogP contribution is 2.54. The van der Waals surface area contributed by atoms with E-state index in [4.69, 9.17) is 15.5 Å². The maximum atomic E-state index is 12.5. The summed E-state index contributed by atoms with van der Waals surface area (Å²) in [6.45, 7) is 6.28. The summed E-state index contributed by atoms with van der Waals surface area (Å²) in [6.07, 6.45) is 3.37. The number of fused-ring (bicyclic) bond motifs is 4. The van der Waals surface area contributed by atoms with Crippen molar-refractivity contribution in [3.05, 3.63) is 28.2 Å². The Hall–Kier alpha value is -1.21. The molecule has 3 N–H and O–H groups in total. The van der Waals surface area contributed by atoms with Gasteiger partial charge in [0.15, 0.2) is 5.17 Å². The number of halogens is 1. The summed E-state index contributed by atoms with van der Waals surface area (Å²) in [5.74, 6) is 2.08. The van der Waals surface area contributed by atoms with Crippen molar-refractivity contribution in [2.75, 3.05) is 5.75 Å². The largest absolute Gasteiger partial charge is 0.490 e. The lowest BCUT2D eigenvalue weighted by molar-refractivity contribution is -0.124. The molecule has 7 heteroatoms. The first-order chi connectivity index (χ1) is 13.2. The van der Waals surface area contributed by atoms with Gasteiger partial charge in [-0.2, -0.15) is 0 Å². The second-order valence-electron chi connectivity index (χ2n) is 9.38. The quantitative estimate of drug-likeness (QED) is 0.686. The molecule has 4 atom stereocenters. The summed E-state index contributed by atoms with van der Waals surface area (Å²) in [7, 11) is 0. The topological polar surface area (TPSA) is 76.7 Å². The molecular weight excluding hydrogens is 438 g/mol. The molecule has 1 saturated carbocycles. The predicted molar refractivity (Wildman–Crippen MR) is 118 cm³/mol. The predicted octanol–water partition coefficient (Wildman–Crippen LogP) is 4.19. The zero-order valence-electron chi connectivity index (χ0n) is 16.6. The van der Waals surface area contributed by atoms with Crippen LogP contribution in [0.1, 0.15) is 52.0 Å². The normalized spacial score (nSPS) is 31.6. The van der Waals surface area contributed by atoms with E-state index in [1.54, 1.807) is 11.8 Å². The number of hydrogen-bond donors (Lipinski definition) is 2. The fourth-order valence-corrected chi connectivity index (χ4v) is 6.15. The van der Waals surface area contributed by atoms with Crippen molar-refractivity contribution in [1.82, 2.24) is 5.32 Å². The van der Waals surface area contributed by atoms with Gasteiger partial charge in [0.25, 0.3) is 0 Å². The highest BCUT2D eigenvalue weighted by atomic mass is 79.9. The van der Waals surface area contributed by atoms with Gasteiger partial charge >= 0.3 is 0 Å². The Balaban J connectivity index is 1.61. The molecule has 1 fully saturated rings. The lowest BCUT2D eigenvalue weighted by Gasteiger charge is -2.48. The molecule has 152 valence electrons. The Morgan fingerprint density at radius 2 is 2.21 bits per heavy atom. The number of carbonyl (C=O) groups excluding carboxylic acids is 1. The van der Waals surface area contributed by atoms with Crippen molar-refractivity contribution in [2.45, 2.75) is 64.1 Å². The Morgan fingerprint density at radius 1 is 1.43 bits per heavy atom. The van der Waals surface area contributed by atoms with Crippen LogP contribution in [0.4, 0.5) is 0 Å². The third-order valence-electron chi connectivity index (χ3n) is 5.89. The van der Waals surface area contributed by atoms with Crippen molar-refractivity contribution >= 4 is 38.8 Å². The van der Waals surface area contributed by atoms with E-state index in [1.807, 2.05) is 12.1 Å². The third-order valence-corrected chi connectivity index (χ3v) is 7.36. The Bertz CT molecular complexity index is 822. The Morgan fingerprint density at radius 3 is 2.89 bits per heavy atom. The molecule has 0 aromatic heterocycles. The summed E-state index contributed by atoms with van der Waals surface area (Å²) < 4.78 is 7.41. The highest BCUT2D eigenvalue weighted by molar-refractivity contribution is 9.10. The SMILES string of the molecule is CC(C)(C)CC(=O)N[C@@H]1CC[C@@H]2Oc3ccc(Br)cc3C3(CSC(N)=N3)[C@H]2C1. The molecule has 1 aromatic rings. The molecule has 2 aliphatic heterocycles. The van der Waals surface area contributed by atoms with E-state index in [-0.39, 0.29) is 34.9 Å². The lowest BCUT2D eigenvalue weighted by Crippen LogP contribution is -2.54. The number of benzene rings is 1. The van der Waals surface area contributed by atoms with Crippen LogP contribution in [0, 0.1) is 11.3 Å². The number of nitrogens with two attached hydrogens (primary N) is 1. The maximum absolute atomic E-state index is 12.5. The number of nitrogens with one attached hydrogen (secondary N) is 1. The van der Waals surface area contributed by atoms with Crippen LogP contribution >= 0.6 is 27.7 Å². The number of hydrogen-bond acceptors (Lipinski definition) is 5. The monoisotopic (exact) mass is 465 g/mol. The number of carbonyl (C=O) groups is 1. The first kappa shape index (κ1) is 20.1. The maximum Gasteiger partial charge on any atom is 0.220 e. The fourth-order valence-electron chi connectivity index (χ4n) is 4.76. The summed E-state index contributed by atoms with van der Waals surface area (Å²) in [6, 6.07) is 6.33. The Labute approximate surface area is 179 Å². The highest BCUT2D eigenvalue weighted by Gasteiger charge is 2.54. The van der Waals surface area contributed by atoms with Gasteiger partial charge in [-0.1, -0.05) is 48.5 Å². The average molecular weight is 466 g/mol. The van der Waals surface area contributed by atoms with Gasteiger partial charge in [-0.25, -0.2) is 4.99 Å². The summed E-state index contributed by atoms with van der Waals surface area (Å²) in [4.78, 5) is 17.5. The van der Waals surface area contributed by atoms with E-state index >= 15 is 0 Å². The number of aliphatic imine (C=N–C) groups is 1. The van der Waals surface area contributed by atoms with Crippen LogP contribution in [0.25, 0.3) is 0 Å². The van der Waals surface area contributed by atoms with E-state index in [2.05, 4.69) is 48.1 Å². The van der Waals surface area contributed by atoms with Gasteiger partial charge in [0.05, 0.1) is 0 Å². The molecule has 1 aliphatic carbocycles. The molecule has 0 radical (unpaired) electrons. The number of amides is 1. The molecule has 28 heavy (non-hydrogen) atoms. The average Bonchev–Trinajstić information content (AvgIpc) is 2.97. The molecule has 3 aliphatic rings. The van der Waals surface area contributed by atoms with E-state index in [9.17, 15) is 4.79 Å². The smallest absolute Gasteiger partial charge is 0.220 e. The van der Waals surface area contributed by atoms with Gasteiger partial charge in [-0.15, -0.1) is 0 Å². The molecule has 5 nitrogen and oxygen atoms in total. The molecule has 1 unspecified atom stereocenters. The molecule has 0 bridgehead atoms. The van der Waals surface area contributed by atoms with E-state index < -0.39 is 0 Å². The summed E-state index contributed by atoms with van der Waals surface area (Å²) in [5, 5.41) is 3.92. The van der Waals surface area contributed by atoms with Crippen molar-refractivity contribution in [2.24, 2.45) is 22.1 Å². The van der Waals surface area contributed by atoms with Crippen LogP contribution in [-0.2, 0) is 10.3 Å². The van der Waals surface area contributed by atoms with Crippen LogP contribution < -0.4 is 15.8 Å². The fraction of sp³-hybridized carbons (Fsp3) is 0.619. The van der Waals surface area contributed by atoms with Crippen molar-refractivity contribution in [1.29, 1.82) is 0 Å². The minimum atomic E-state index is -0.371. The van der Waals surface area contributed by atoms with E-state index in [0.29, 0.717) is 11.6 Å². The van der Waals surface area contributed by atoms with Gasteiger partial charge in [-0.05, 0) is 42.9 Å². The first-order valence-corrected chi connectivity index (χ1v) is 11.7. The lowest BCUT2D eigenvalue weighted by atomic mass is 9.67. The summed E-state index contributed by atoms with van der Waals surface area (Å²) in [5.41, 5.74) is 6.86. The minimum Gasteiger partial charge on any atom is -0.490 e. The number of thioether (sulfide) groups is 1. The zero-order chi connectivity index (χ0) is 20.1. The van der Waals surface area contributed by atoms with Gasteiger partial charge in [0.2, 0.25) is 5.91 Å². The molecule has 0 saturated heterocycles. The second-order valence-corrected chi connectivity index (χ2v) is 11.3. The van der Waals surface area contributed by atoms with E-state index in [1.165, 1.54) is 0 Å².